The summed E-state index contributed by atoms with van der Waals surface area (Å²) in [7, 11) is -3.67. The number of nitrogens with one attached hydrogen (secondary N) is 1. The number of fused-ring (bicyclic) bond motifs is 1. The lowest BCUT2D eigenvalue weighted by Gasteiger charge is -2.26. The van der Waals surface area contributed by atoms with Crippen LogP contribution in [0.5, 0.6) is 11.5 Å². The lowest BCUT2D eigenvalue weighted by molar-refractivity contribution is -0.120. The van der Waals surface area contributed by atoms with E-state index in [-0.39, 0.29) is 18.5 Å². The van der Waals surface area contributed by atoms with Crippen LogP contribution < -0.4 is 19.1 Å². The van der Waals surface area contributed by atoms with Crippen LogP contribution in [0.25, 0.3) is 0 Å². The van der Waals surface area contributed by atoms with Gasteiger partial charge in [-0.05, 0) is 24.1 Å². The van der Waals surface area contributed by atoms with Crippen molar-refractivity contribution in [3.05, 3.63) is 54.1 Å². The summed E-state index contributed by atoms with van der Waals surface area (Å²) in [5.74, 6) is 0.646. The highest BCUT2D eigenvalue weighted by molar-refractivity contribution is 7.92. The molecule has 1 aliphatic heterocycles. The van der Waals surface area contributed by atoms with E-state index in [0.717, 1.165) is 16.1 Å². The molecule has 150 valence electrons. The summed E-state index contributed by atoms with van der Waals surface area (Å²) >= 11 is 0. The Morgan fingerprint density at radius 3 is 2.43 bits per heavy atom. The summed E-state index contributed by atoms with van der Waals surface area (Å²) in [5, 5.41) is 2.92. The Bertz CT molecular complexity index is 931. The van der Waals surface area contributed by atoms with Gasteiger partial charge >= 0.3 is 0 Å². The fraction of sp³-hybridized carbons (Fsp3) is 0.350. The number of anilines is 1. The van der Waals surface area contributed by atoms with E-state index in [1.165, 1.54) is 0 Å². The standard InChI is InChI=1S/C20H24N2O5S/c1-3-17(15-7-5-4-6-8-15)21-20(23)14-22(28(2,24)25)16-9-10-18-19(13-16)27-12-11-26-18/h4-10,13,17H,3,11-12,14H2,1-2H3,(H,21,23)/t17-/m0/s1. The van der Waals surface area contributed by atoms with Crippen molar-refractivity contribution >= 4 is 21.6 Å². The van der Waals surface area contributed by atoms with E-state index in [2.05, 4.69) is 5.32 Å². The van der Waals surface area contributed by atoms with Gasteiger partial charge < -0.3 is 14.8 Å². The summed E-state index contributed by atoms with van der Waals surface area (Å²) in [4.78, 5) is 12.6. The van der Waals surface area contributed by atoms with Gasteiger partial charge in [-0.3, -0.25) is 9.10 Å². The first kappa shape index (κ1) is 20.0. The highest BCUT2D eigenvalue weighted by Crippen LogP contribution is 2.34. The summed E-state index contributed by atoms with van der Waals surface area (Å²) in [6.07, 6.45) is 1.77. The van der Waals surface area contributed by atoms with E-state index >= 15 is 0 Å². The van der Waals surface area contributed by atoms with Crippen LogP contribution in [-0.2, 0) is 14.8 Å². The number of sulfonamides is 1. The molecule has 0 radical (unpaired) electrons. The molecule has 1 atom stereocenters. The summed E-state index contributed by atoms with van der Waals surface area (Å²) in [6, 6.07) is 14.2. The van der Waals surface area contributed by atoms with E-state index in [4.69, 9.17) is 9.47 Å². The van der Waals surface area contributed by atoms with Crippen molar-refractivity contribution in [1.29, 1.82) is 0 Å². The molecule has 7 nitrogen and oxygen atoms in total. The molecule has 0 saturated carbocycles. The number of rotatable bonds is 7. The number of hydrogen-bond acceptors (Lipinski definition) is 5. The molecule has 1 amide bonds. The molecule has 1 N–H and O–H groups in total. The van der Waals surface area contributed by atoms with Crippen molar-refractivity contribution in [2.24, 2.45) is 0 Å². The van der Waals surface area contributed by atoms with Crippen LogP contribution in [0.2, 0.25) is 0 Å². The molecule has 3 rings (SSSR count). The molecule has 1 heterocycles. The zero-order valence-electron chi connectivity index (χ0n) is 15.9. The van der Waals surface area contributed by atoms with Gasteiger partial charge in [-0.25, -0.2) is 8.42 Å². The van der Waals surface area contributed by atoms with Crippen molar-refractivity contribution in [1.82, 2.24) is 5.32 Å². The molecule has 2 aromatic rings. The monoisotopic (exact) mass is 404 g/mol. The minimum absolute atomic E-state index is 0.185. The Kier molecular flexibility index (Phi) is 6.08. The molecule has 0 bridgehead atoms. The molecular weight excluding hydrogens is 380 g/mol. The number of ether oxygens (including phenoxy) is 2. The van der Waals surface area contributed by atoms with Crippen molar-refractivity contribution in [3.63, 3.8) is 0 Å². The van der Waals surface area contributed by atoms with Gasteiger partial charge in [0.1, 0.15) is 19.8 Å². The molecule has 0 spiro atoms. The topological polar surface area (TPSA) is 84.9 Å². The first-order valence-electron chi connectivity index (χ1n) is 9.10. The largest absolute Gasteiger partial charge is 0.486 e. The van der Waals surface area contributed by atoms with E-state index in [1.54, 1.807) is 18.2 Å². The average molecular weight is 404 g/mol. The Morgan fingerprint density at radius 2 is 1.79 bits per heavy atom. The summed E-state index contributed by atoms with van der Waals surface area (Å²) < 4.78 is 36.7. The average Bonchev–Trinajstić information content (AvgIpc) is 2.69. The first-order chi connectivity index (χ1) is 13.4. The fourth-order valence-corrected chi connectivity index (χ4v) is 3.91. The third-order valence-corrected chi connectivity index (χ3v) is 5.59. The van der Waals surface area contributed by atoms with Crippen LogP contribution in [0.1, 0.15) is 24.9 Å². The van der Waals surface area contributed by atoms with Gasteiger partial charge in [0.15, 0.2) is 11.5 Å². The Labute approximate surface area is 165 Å². The number of benzene rings is 2. The Hall–Kier alpha value is -2.74. The van der Waals surface area contributed by atoms with Crippen molar-refractivity contribution in [2.75, 3.05) is 30.3 Å². The van der Waals surface area contributed by atoms with Gasteiger partial charge in [-0.1, -0.05) is 37.3 Å². The van der Waals surface area contributed by atoms with E-state index < -0.39 is 10.0 Å². The van der Waals surface area contributed by atoms with Crippen LogP contribution in [0.4, 0.5) is 5.69 Å². The third-order valence-electron chi connectivity index (χ3n) is 4.45. The van der Waals surface area contributed by atoms with Gasteiger partial charge in [0, 0.05) is 6.07 Å². The predicted octanol–water partition coefficient (Wildman–Crippen LogP) is 2.49. The maximum Gasteiger partial charge on any atom is 0.241 e. The molecule has 0 aromatic heterocycles. The molecule has 1 aliphatic rings. The van der Waals surface area contributed by atoms with E-state index in [9.17, 15) is 13.2 Å². The molecule has 8 heteroatoms. The second kappa shape index (κ2) is 8.52. The molecule has 0 fully saturated rings. The van der Waals surface area contributed by atoms with Gasteiger partial charge in [0.25, 0.3) is 0 Å². The number of nitrogens with zero attached hydrogens (tertiary/aromatic N) is 1. The number of amides is 1. The second-order valence-corrected chi connectivity index (χ2v) is 8.44. The molecule has 0 unspecified atom stereocenters. The Morgan fingerprint density at radius 1 is 1.11 bits per heavy atom. The lowest BCUT2D eigenvalue weighted by Crippen LogP contribution is -2.41. The highest BCUT2D eigenvalue weighted by Gasteiger charge is 2.24. The molecule has 0 aliphatic carbocycles. The van der Waals surface area contributed by atoms with Gasteiger partial charge in [-0.15, -0.1) is 0 Å². The van der Waals surface area contributed by atoms with Gasteiger partial charge in [0.05, 0.1) is 18.0 Å². The zero-order valence-corrected chi connectivity index (χ0v) is 16.7. The lowest BCUT2D eigenvalue weighted by atomic mass is 10.0. The van der Waals surface area contributed by atoms with Crippen LogP contribution in [0.15, 0.2) is 48.5 Å². The molecular formula is C20H24N2O5S. The van der Waals surface area contributed by atoms with E-state index in [1.807, 2.05) is 37.3 Å². The minimum atomic E-state index is -3.67. The number of hydrogen-bond donors (Lipinski definition) is 1. The molecule has 0 saturated heterocycles. The van der Waals surface area contributed by atoms with Crippen molar-refractivity contribution < 1.29 is 22.7 Å². The van der Waals surface area contributed by atoms with Crippen LogP contribution in [-0.4, -0.2) is 40.3 Å². The fourth-order valence-electron chi connectivity index (χ4n) is 3.06. The Balaban J connectivity index is 1.78. The maximum atomic E-state index is 12.6. The smallest absolute Gasteiger partial charge is 0.241 e. The quantitative estimate of drug-likeness (QED) is 0.766. The van der Waals surface area contributed by atoms with Gasteiger partial charge in [0.2, 0.25) is 15.9 Å². The number of carbonyl (C=O) groups is 1. The normalized spacial score (nSPS) is 14.2. The van der Waals surface area contributed by atoms with Crippen molar-refractivity contribution in [3.8, 4) is 11.5 Å². The van der Waals surface area contributed by atoms with Crippen LogP contribution in [0.3, 0.4) is 0 Å². The minimum Gasteiger partial charge on any atom is -0.486 e. The predicted molar refractivity (Wildman–Crippen MR) is 107 cm³/mol. The third kappa shape index (κ3) is 4.75. The zero-order chi connectivity index (χ0) is 20.1. The summed E-state index contributed by atoms with van der Waals surface area (Å²) in [5.41, 5.74) is 1.33. The van der Waals surface area contributed by atoms with E-state index in [0.29, 0.717) is 36.8 Å². The maximum absolute atomic E-state index is 12.6. The van der Waals surface area contributed by atoms with Crippen LogP contribution in [0, 0.1) is 0 Å². The second-order valence-electron chi connectivity index (χ2n) is 6.54. The highest BCUT2D eigenvalue weighted by atomic mass is 32.2. The number of carbonyl (C=O) groups excluding carboxylic acids is 1. The molecule has 2 aromatic carbocycles. The van der Waals surface area contributed by atoms with Crippen molar-refractivity contribution in [2.45, 2.75) is 19.4 Å². The van der Waals surface area contributed by atoms with Gasteiger partial charge in [-0.2, -0.15) is 0 Å². The first-order valence-corrected chi connectivity index (χ1v) is 10.9. The molecule has 28 heavy (non-hydrogen) atoms. The summed E-state index contributed by atoms with van der Waals surface area (Å²) in [6.45, 7) is 2.49. The van der Waals surface area contributed by atoms with Crippen LogP contribution >= 0.6 is 0 Å². The SMILES string of the molecule is CC[C@H](NC(=O)CN(c1ccc2c(c1)OCCO2)S(C)(=O)=O)c1ccccc1.